The van der Waals surface area contributed by atoms with Gasteiger partial charge in [-0.3, -0.25) is 5.10 Å². The molecule has 0 aliphatic rings. The Labute approximate surface area is 92.4 Å². The summed E-state index contributed by atoms with van der Waals surface area (Å²) in [5, 5.41) is 9.71. The predicted octanol–water partition coefficient (Wildman–Crippen LogP) is 2.27. The maximum absolute atomic E-state index is 13.2. The zero-order valence-electron chi connectivity index (χ0n) is 9.04. The molecule has 0 atom stereocenters. The van der Waals surface area contributed by atoms with Crippen LogP contribution in [0.25, 0.3) is 11.3 Å². The summed E-state index contributed by atoms with van der Waals surface area (Å²) in [6.07, 6.45) is 0. The number of benzene rings is 1. The van der Waals surface area contributed by atoms with Crippen molar-refractivity contribution in [3.63, 3.8) is 0 Å². The Hall–Kier alpha value is -2.04. The Balaban J connectivity index is 2.49. The molecule has 0 bridgehead atoms. The van der Waals surface area contributed by atoms with E-state index in [2.05, 4.69) is 15.5 Å². The molecule has 2 rings (SSSR count). The van der Waals surface area contributed by atoms with Crippen LogP contribution in [0.3, 0.4) is 0 Å². The van der Waals surface area contributed by atoms with Gasteiger partial charge < -0.3 is 10.1 Å². The fourth-order valence-corrected chi connectivity index (χ4v) is 1.48. The number of halogens is 1. The van der Waals surface area contributed by atoms with Crippen molar-refractivity contribution in [2.24, 2.45) is 0 Å². The van der Waals surface area contributed by atoms with Crippen LogP contribution < -0.4 is 10.1 Å². The fraction of sp³-hybridized carbons (Fsp3) is 0.182. The third-order valence-electron chi connectivity index (χ3n) is 2.29. The van der Waals surface area contributed by atoms with E-state index in [1.165, 1.54) is 12.1 Å². The van der Waals surface area contributed by atoms with Gasteiger partial charge in [0.05, 0.1) is 12.8 Å². The number of aromatic amines is 1. The van der Waals surface area contributed by atoms with E-state index in [0.29, 0.717) is 22.8 Å². The highest BCUT2D eigenvalue weighted by molar-refractivity contribution is 5.69. The summed E-state index contributed by atoms with van der Waals surface area (Å²) in [7, 11) is 3.31. The molecule has 84 valence electrons. The zero-order chi connectivity index (χ0) is 11.5. The highest BCUT2D eigenvalue weighted by Crippen LogP contribution is 2.30. The van der Waals surface area contributed by atoms with Gasteiger partial charge in [-0.2, -0.15) is 5.10 Å². The van der Waals surface area contributed by atoms with Crippen molar-refractivity contribution in [2.45, 2.75) is 0 Å². The van der Waals surface area contributed by atoms with Gasteiger partial charge in [0.1, 0.15) is 17.4 Å². The molecule has 1 aromatic carbocycles. The van der Waals surface area contributed by atoms with E-state index in [9.17, 15) is 4.39 Å². The van der Waals surface area contributed by atoms with E-state index in [4.69, 9.17) is 4.74 Å². The van der Waals surface area contributed by atoms with Crippen molar-refractivity contribution in [1.82, 2.24) is 10.2 Å². The minimum Gasteiger partial charge on any atom is -0.496 e. The van der Waals surface area contributed by atoms with Gasteiger partial charge in [-0.1, -0.05) is 0 Å². The second-order valence-electron chi connectivity index (χ2n) is 3.26. The Morgan fingerprint density at radius 1 is 1.38 bits per heavy atom. The van der Waals surface area contributed by atoms with Crippen LogP contribution in [-0.2, 0) is 0 Å². The molecule has 0 unspecified atom stereocenters. The van der Waals surface area contributed by atoms with Gasteiger partial charge in [-0.05, 0) is 18.2 Å². The second kappa shape index (κ2) is 4.22. The van der Waals surface area contributed by atoms with Gasteiger partial charge in [0.25, 0.3) is 0 Å². The van der Waals surface area contributed by atoms with Crippen molar-refractivity contribution in [2.75, 3.05) is 19.5 Å². The summed E-state index contributed by atoms with van der Waals surface area (Å²) < 4.78 is 18.3. The lowest BCUT2D eigenvalue weighted by Gasteiger charge is -2.05. The minimum atomic E-state index is -0.309. The molecule has 0 spiro atoms. The topological polar surface area (TPSA) is 49.9 Å². The molecule has 0 aliphatic heterocycles. The number of hydrogen-bond donors (Lipinski definition) is 2. The van der Waals surface area contributed by atoms with Gasteiger partial charge in [-0.15, -0.1) is 0 Å². The second-order valence-corrected chi connectivity index (χ2v) is 3.26. The summed E-state index contributed by atoms with van der Waals surface area (Å²) >= 11 is 0. The van der Waals surface area contributed by atoms with Crippen LogP contribution in [-0.4, -0.2) is 24.4 Å². The Morgan fingerprint density at radius 2 is 2.19 bits per heavy atom. The first-order chi connectivity index (χ1) is 7.74. The molecule has 0 radical (unpaired) electrons. The van der Waals surface area contributed by atoms with Crippen LogP contribution >= 0.6 is 0 Å². The quantitative estimate of drug-likeness (QED) is 0.835. The van der Waals surface area contributed by atoms with E-state index < -0.39 is 0 Å². The molecule has 0 amide bonds. The monoisotopic (exact) mass is 221 g/mol. The van der Waals surface area contributed by atoms with E-state index in [0.717, 1.165) is 0 Å². The summed E-state index contributed by atoms with van der Waals surface area (Å²) in [6, 6.07) is 6.14. The van der Waals surface area contributed by atoms with Crippen LogP contribution in [0.1, 0.15) is 0 Å². The van der Waals surface area contributed by atoms with Crippen molar-refractivity contribution in [3.8, 4) is 17.0 Å². The number of nitrogens with one attached hydrogen (secondary N) is 2. The van der Waals surface area contributed by atoms with Crippen molar-refractivity contribution >= 4 is 5.82 Å². The van der Waals surface area contributed by atoms with Crippen LogP contribution in [0.4, 0.5) is 10.2 Å². The number of ether oxygens (including phenoxy) is 1. The summed E-state index contributed by atoms with van der Waals surface area (Å²) in [6.45, 7) is 0. The zero-order valence-corrected chi connectivity index (χ0v) is 9.04. The predicted molar refractivity (Wildman–Crippen MR) is 60.1 cm³/mol. The number of rotatable bonds is 3. The SMILES string of the molecule is CNc1cc(-c2cc(F)ccc2OC)[nH]n1. The number of anilines is 1. The molecular weight excluding hydrogens is 209 g/mol. The van der Waals surface area contributed by atoms with E-state index in [-0.39, 0.29) is 5.82 Å². The molecule has 0 saturated carbocycles. The Morgan fingerprint density at radius 3 is 2.81 bits per heavy atom. The lowest BCUT2D eigenvalue weighted by Crippen LogP contribution is -1.89. The molecule has 0 fully saturated rings. The largest absolute Gasteiger partial charge is 0.496 e. The molecule has 1 heterocycles. The minimum absolute atomic E-state index is 0.309. The Bertz CT molecular complexity index is 496. The maximum atomic E-state index is 13.2. The molecular formula is C11H12FN3O. The van der Waals surface area contributed by atoms with Crippen LogP contribution in [0.2, 0.25) is 0 Å². The summed E-state index contributed by atoms with van der Waals surface area (Å²) in [5.41, 5.74) is 1.36. The highest BCUT2D eigenvalue weighted by atomic mass is 19.1. The first kappa shape index (κ1) is 10.5. The number of methoxy groups -OCH3 is 1. The lowest BCUT2D eigenvalue weighted by molar-refractivity contribution is 0.415. The molecule has 2 aromatic rings. The number of hydrogen-bond acceptors (Lipinski definition) is 3. The smallest absolute Gasteiger partial charge is 0.148 e. The van der Waals surface area contributed by atoms with Crippen molar-refractivity contribution in [1.29, 1.82) is 0 Å². The van der Waals surface area contributed by atoms with Gasteiger partial charge in [-0.25, -0.2) is 4.39 Å². The molecule has 16 heavy (non-hydrogen) atoms. The average molecular weight is 221 g/mol. The summed E-state index contributed by atoms with van der Waals surface area (Å²) in [4.78, 5) is 0. The van der Waals surface area contributed by atoms with E-state index in [1.807, 2.05) is 0 Å². The lowest BCUT2D eigenvalue weighted by atomic mass is 10.1. The third-order valence-corrected chi connectivity index (χ3v) is 2.29. The third kappa shape index (κ3) is 1.84. The van der Waals surface area contributed by atoms with E-state index in [1.54, 1.807) is 26.3 Å². The molecule has 1 aromatic heterocycles. The van der Waals surface area contributed by atoms with E-state index >= 15 is 0 Å². The first-order valence-electron chi connectivity index (χ1n) is 4.81. The first-order valence-corrected chi connectivity index (χ1v) is 4.81. The molecule has 5 heteroatoms. The standard InChI is InChI=1S/C11H12FN3O/c1-13-11-6-9(14-15-11)8-5-7(12)3-4-10(8)16-2/h3-6H,1-2H3,(H2,13,14,15). The van der Waals surface area contributed by atoms with Crippen molar-refractivity contribution < 1.29 is 9.13 Å². The molecule has 2 N–H and O–H groups in total. The van der Waals surface area contributed by atoms with Crippen LogP contribution in [0.5, 0.6) is 5.75 Å². The molecule has 4 nitrogen and oxygen atoms in total. The maximum Gasteiger partial charge on any atom is 0.148 e. The number of nitrogens with zero attached hydrogens (tertiary/aromatic N) is 1. The van der Waals surface area contributed by atoms with Gasteiger partial charge in [0.15, 0.2) is 0 Å². The molecule has 0 aliphatic carbocycles. The number of aromatic nitrogens is 2. The van der Waals surface area contributed by atoms with Gasteiger partial charge in [0, 0.05) is 18.7 Å². The van der Waals surface area contributed by atoms with Gasteiger partial charge in [0.2, 0.25) is 0 Å². The van der Waals surface area contributed by atoms with Crippen molar-refractivity contribution in [3.05, 3.63) is 30.1 Å². The normalized spacial score (nSPS) is 10.2. The highest BCUT2D eigenvalue weighted by Gasteiger charge is 2.09. The summed E-state index contributed by atoms with van der Waals surface area (Å²) in [5.74, 6) is 0.991. The fourth-order valence-electron chi connectivity index (χ4n) is 1.48. The Kier molecular flexibility index (Phi) is 2.76. The van der Waals surface area contributed by atoms with Gasteiger partial charge >= 0.3 is 0 Å². The average Bonchev–Trinajstić information content (AvgIpc) is 2.77. The number of H-pyrrole nitrogens is 1. The van der Waals surface area contributed by atoms with Crippen LogP contribution in [0, 0.1) is 5.82 Å². The molecule has 0 saturated heterocycles. The van der Waals surface area contributed by atoms with Crippen LogP contribution in [0.15, 0.2) is 24.3 Å².